The van der Waals surface area contributed by atoms with Gasteiger partial charge >= 0.3 is 0 Å². The molecule has 2 rings (SSSR count). The number of halogens is 3. The zero-order chi connectivity index (χ0) is 14.5. The van der Waals surface area contributed by atoms with E-state index in [1.807, 2.05) is 36.4 Å². The molecular weight excluding hydrogens is 315 g/mol. The molecule has 0 N–H and O–H groups in total. The van der Waals surface area contributed by atoms with Crippen LogP contribution in [-0.4, -0.2) is 7.11 Å². The van der Waals surface area contributed by atoms with Crippen LogP contribution in [0.5, 0.6) is 5.75 Å². The van der Waals surface area contributed by atoms with Crippen LogP contribution in [0.15, 0.2) is 42.5 Å². The van der Waals surface area contributed by atoms with E-state index in [1.165, 1.54) is 5.56 Å². The fraction of sp³-hybridized carbons (Fsp3) is 0.250. The predicted molar refractivity (Wildman–Crippen MR) is 86.4 cm³/mol. The van der Waals surface area contributed by atoms with Crippen LogP contribution in [0.2, 0.25) is 10.0 Å². The van der Waals surface area contributed by atoms with Gasteiger partial charge in [-0.2, -0.15) is 0 Å². The molecule has 0 saturated heterocycles. The lowest BCUT2D eigenvalue weighted by Gasteiger charge is -2.12. The third-order valence-electron chi connectivity index (χ3n) is 3.15. The van der Waals surface area contributed by atoms with Crippen LogP contribution in [0.3, 0.4) is 0 Å². The predicted octanol–water partition coefficient (Wildman–Crippen LogP) is 5.91. The van der Waals surface area contributed by atoms with E-state index in [-0.39, 0.29) is 5.38 Å². The van der Waals surface area contributed by atoms with E-state index >= 15 is 0 Å². The van der Waals surface area contributed by atoms with Gasteiger partial charge in [0.2, 0.25) is 0 Å². The van der Waals surface area contributed by atoms with Gasteiger partial charge in [-0.1, -0.05) is 41.4 Å². The third kappa shape index (κ3) is 4.05. The summed E-state index contributed by atoms with van der Waals surface area (Å²) in [5, 5.41) is 1.12. The fourth-order valence-electron chi connectivity index (χ4n) is 2.00. The number of hydrogen-bond donors (Lipinski definition) is 0. The highest BCUT2D eigenvalue weighted by Gasteiger charge is 2.12. The van der Waals surface area contributed by atoms with Gasteiger partial charge in [-0.05, 0) is 48.2 Å². The van der Waals surface area contributed by atoms with Crippen molar-refractivity contribution in [1.82, 2.24) is 0 Å². The summed E-state index contributed by atoms with van der Waals surface area (Å²) in [5.74, 6) is 0.858. The van der Waals surface area contributed by atoms with Gasteiger partial charge in [0.1, 0.15) is 5.75 Å². The molecule has 0 radical (unpaired) electrons. The van der Waals surface area contributed by atoms with Gasteiger partial charge in [0.15, 0.2) is 0 Å². The topological polar surface area (TPSA) is 9.23 Å². The number of alkyl halides is 1. The van der Waals surface area contributed by atoms with Crippen molar-refractivity contribution in [3.8, 4) is 5.75 Å². The first kappa shape index (κ1) is 15.5. The highest BCUT2D eigenvalue weighted by atomic mass is 35.5. The number of hydrogen-bond acceptors (Lipinski definition) is 1. The Hall–Kier alpha value is -0.890. The highest BCUT2D eigenvalue weighted by Crippen LogP contribution is 2.33. The second kappa shape index (κ2) is 7.21. The average molecular weight is 330 g/mol. The van der Waals surface area contributed by atoms with Crippen molar-refractivity contribution in [2.75, 3.05) is 7.11 Å². The summed E-state index contributed by atoms with van der Waals surface area (Å²) in [6.07, 6.45) is 1.70. The molecule has 0 saturated carbocycles. The number of methoxy groups -OCH3 is 1. The van der Waals surface area contributed by atoms with Crippen LogP contribution in [0.1, 0.15) is 22.9 Å². The molecule has 0 spiro atoms. The van der Waals surface area contributed by atoms with Gasteiger partial charge < -0.3 is 4.74 Å². The Kier molecular flexibility index (Phi) is 5.59. The quantitative estimate of drug-likeness (QED) is 0.619. The summed E-state index contributed by atoms with van der Waals surface area (Å²) in [6, 6.07) is 13.4. The van der Waals surface area contributed by atoms with Gasteiger partial charge in [-0.15, -0.1) is 11.6 Å². The normalized spacial score (nSPS) is 12.2. The fourth-order valence-corrected chi connectivity index (χ4v) is 2.89. The van der Waals surface area contributed by atoms with Gasteiger partial charge in [0.25, 0.3) is 0 Å². The van der Waals surface area contributed by atoms with Crippen LogP contribution in [-0.2, 0) is 6.42 Å². The highest BCUT2D eigenvalue weighted by molar-refractivity contribution is 6.35. The summed E-state index contributed by atoms with van der Waals surface area (Å²) < 4.78 is 5.14. The molecule has 106 valence electrons. The Morgan fingerprint density at radius 1 is 1.05 bits per heavy atom. The molecule has 1 atom stereocenters. The maximum atomic E-state index is 6.42. The summed E-state index contributed by atoms with van der Waals surface area (Å²) in [4.78, 5) is 0. The van der Waals surface area contributed by atoms with E-state index in [0.717, 1.165) is 24.2 Å². The molecule has 0 aliphatic carbocycles. The minimum atomic E-state index is -0.123. The first-order valence-corrected chi connectivity index (χ1v) is 7.51. The number of ether oxygens (including phenoxy) is 1. The molecule has 0 heterocycles. The van der Waals surface area contributed by atoms with Crippen LogP contribution in [0.4, 0.5) is 0 Å². The average Bonchev–Trinajstić information content (AvgIpc) is 2.45. The monoisotopic (exact) mass is 328 g/mol. The maximum Gasteiger partial charge on any atom is 0.118 e. The zero-order valence-electron chi connectivity index (χ0n) is 11.1. The Morgan fingerprint density at radius 3 is 2.35 bits per heavy atom. The van der Waals surface area contributed by atoms with Crippen molar-refractivity contribution in [3.63, 3.8) is 0 Å². The molecule has 0 fully saturated rings. The van der Waals surface area contributed by atoms with Crippen molar-refractivity contribution in [3.05, 3.63) is 63.6 Å². The van der Waals surface area contributed by atoms with E-state index in [9.17, 15) is 0 Å². The Morgan fingerprint density at radius 2 is 1.75 bits per heavy atom. The lowest BCUT2D eigenvalue weighted by molar-refractivity contribution is 0.414. The molecule has 4 heteroatoms. The van der Waals surface area contributed by atoms with E-state index in [4.69, 9.17) is 39.5 Å². The maximum absolute atomic E-state index is 6.42. The van der Waals surface area contributed by atoms with Crippen LogP contribution < -0.4 is 4.74 Å². The first-order chi connectivity index (χ1) is 9.60. The van der Waals surface area contributed by atoms with Crippen molar-refractivity contribution in [2.45, 2.75) is 18.2 Å². The van der Waals surface area contributed by atoms with Crippen molar-refractivity contribution in [1.29, 1.82) is 0 Å². The molecule has 20 heavy (non-hydrogen) atoms. The lowest BCUT2D eigenvalue weighted by atomic mass is 10.0. The summed E-state index contributed by atoms with van der Waals surface area (Å²) in [7, 11) is 1.66. The molecule has 0 aliphatic heterocycles. The third-order valence-corrected chi connectivity index (χ3v) is 4.16. The molecule has 2 aromatic carbocycles. The van der Waals surface area contributed by atoms with Crippen molar-refractivity contribution < 1.29 is 4.74 Å². The van der Waals surface area contributed by atoms with E-state index < -0.39 is 0 Å². The Bertz CT molecular complexity index is 566. The molecular formula is C16H15Cl3O. The van der Waals surface area contributed by atoms with Gasteiger partial charge in [-0.25, -0.2) is 0 Å². The van der Waals surface area contributed by atoms with E-state index in [1.54, 1.807) is 13.2 Å². The molecule has 0 aromatic heterocycles. The van der Waals surface area contributed by atoms with Crippen molar-refractivity contribution >= 4 is 34.8 Å². The molecule has 2 aromatic rings. The Balaban J connectivity index is 1.98. The zero-order valence-corrected chi connectivity index (χ0v) is 13.3. The first-order valence-electron chi connectivity index (χ1n) is 6.32. The smallest absolute Gasteiger partial charge is 0.118 e. The SMILES string of the molecule is COc1ccc(CCC(Cl)c2ccc(Cl)cc2Cl)cc1. The summed E-state index contributed by atoms with van der Waals surface area (Å²) in [6.45, 7) is 0. The van der Waals surface area contributed by atoms with Crippen LogP contribution >= 0.6 is 34.8 Å². The number of benzene rings is 2. The van der Waals surface area contributed by atoms with Crippen LogP contribution in [0, 0.1) is 0 Å². The molecule has 0 amide bonds. The van der Waals surface area contributed by atoms with Gasteiger partial charge in [0.05, 0.1) is 12.5 Å². The van der Waals surface area contributed by atoms with E-state index in [0.29, 0.717) is 10.0 Å². The lowest BCUT2D eigenvalue weighted by Crippen LogP contribution is -1.95. The minimum absolute atomic E-state index is 0.123. The number of rotatable bonds is 5. The van der Waals surface area contributed by atoms with Crippen molar-refractivity contribution in [2.24, 2.45) is 0 Å². The summed E-state index contributed by atoms with van der Waals surface area (Å²) in [5.41, 5.74) is 2.15. The van der Waals surface area contributed by atoms with Gasteiger partial charge in [0, 0.05) is 10.0 Å². The second-order valence-corrected chi connectivity index (χ2v) is 5.89. The second-order valence-electron chi connectivity index (χ2n) is 4.52. The van der Waals surface area contributed by atoms with Crippen LogP contribution in [0.25, 0.3) is 0 Å². The standard InChI is InChI=1S/C16H15Cl3O/c1-20-13-6-2-11(3-7-13)4-9-15(18)14-8-5-12(17)10-16(14)19/h2-3,5-8,10,15H,4,9H2,1H3. The van der Waals surface area contributed by atoms with E-state index in [2.05, 4.69) is 0 Å². The Labute approximate surface area is 134 Å². The largest absolute Gasteiger partial charge is 0.497 e. The molecule has 1 nitrogen and oxygen atoms in total. The number of aryl methyl sites for hydroxylation is 1. The molecule has 0 bridgehead atoms. The van der Waals surface area contributed by atoms with Gasteiger partial charge in [-0.3, -0.25) is 0 Å². The summed E-state index contributed by atoms with van der Waals surface area (Å²) >= 11 is 18.5. The minimum Gasteiger partial charge on any atom is -0.497 e. The molecule has 0 aliphatic rings. The molecule has 1 unspecified atom stereocenters.